The van der Waals surface area contributed by atoms with Gasteiger partial charge < -0.3 is 4.90 Å². The van der Waals surface area contributed by atoms with Gasteiger partial charge in [-0.1, -0.05) is 15.9 Å². The number of aromatic nitrogens is 3. The lowest BCUT2D eigenvalue weighted by atomic mass is 10.1. The summed E-state index contributed by atoms with van der Waals surface area (Å²) < 4.78 is 2.77. The van der Waals surface area contributed by atoms with Gasteiger partial charge in [0.2, 0.25) is 0 Å². The van der Waals surface area contributed by atoms with Crippen LogP contribution in [0.1, 0.15) is 21.7 Å². The van der Waals surface area contributed by atoms with Gasteiger partial charge in [-0.25, -0.2) is 9.67 Å². The summed E-state index contributed by atoms with van der Waals surface area (Å²) in [5.74, 6) is 0.880. The number of rotatable bonds is 1. The normalized spacial score (nSPS) is 14.3. The molecule has 6 heteroatoms. The Kier molecular flexibility index (Phi) is 3.10. The van der Waals surface area contributed by atoms with E-state index in [2.05, 4.69) is 26.0 Å². The van der Waals surface area contributed by atoms with Crippen LogP contribution in [0.15, 0.2) is 29.0 Å². The summed E-state index contributed by atoms with van der Waals surface area (Å²) in [4.78, 5) is 18.5. The number of carbonyl (C=O) groups is 1. The zero-order valence-corrected chi connectivity index (χ0v) is 12.1. The Morgan fingerprint density at radius 3 is 2.95 bits per heavy atom. The molecule has 0 unspecified atom stereocenters. The number of aryl methyl sites for hydroxylation is 1. The molecule has 98 valence electrons. The summed E-state index contributed by atoms with van der Waals surface area (Å²) in [6.45, 7) is 3.87. The summed E-state index contributed by atoms with van der Waals surface area (Å²) in [5, 5.41) is 4.11. The van der Waals surface area contributed by atoms with Crippen LogP contribution in [-0.4, -0.2) is 32.1 Å². The maximum Gasteiger partial charge on any atom is 0.254 e. The fraction of sp³-hybridized carbons (Fsp3) is 0.308. The second-order valence-corrected chi connectivity index (χ2v) is 5.56. The number of hydrogen-bond donors (Lipinski definition) is 0. The SMILES string of the molecule is Cc1cc(Br)cc(C(=O)N2CCn3ncnc3C2)c1. The van der Waals surface area contributed by atoms with E-state index in [4.69, 9.17) is 0 Å². The van der Waals surface area contributed by atoms with Crippen LogP contribution in [0.3, 0.4) is 0 Å². The van der Waals surface area contributed by atoms with Crippen molar-refractivity contribution >= 4 is 21.8 Å². The Balaban J connectivity index is 1.85. The summed E-state index contributed by atoms with van der Waals surface area (Å²) in [6.07, 6.45) is 1.53. The molecule has 0 saturated heterocycles. The van der Waals surface area contributed by atoms with Crippen LogP contribution < -0.4 is 0 Å². The van der Waals surface area contributed by atoms with E-state index in [1.54, 1.807) is 0 Å². The number of hydrogen-bond acceptors (Lipinski definition) is 3. The lowest BCUT2D eigenvalue weighted by Gasteiger charge is -2.27. The van der Waals surface area contributed by atoms with Crippen LogP contribution in [0.25, 0.3) is 0 Å². The van der Waals surface area contributed by atoms with Crippen molar-refractivity contribution in [2.75, 3.05) is 6.54 Å². The highest BCUT2D eigenvalue weighted by Crippen LogP contribution is 2.18. The van der Waals surface area contributed by atoms with Crippen molar-refractivity contribution in [2.45, 2.75) is 20.0 Å². The number of carbonyl (C=O) groups excluding carboxylic acids is 1. The third-order valence-electron chi connectivity index (χ3n) is 3.19. The Labute approximate surface area is 119 Å². The minimum Gasteiger partial charge on any atom is -0.329 e. The zero-order valence-electron chi connectivity index (χ0n) is 10.5. The number of amides is 1. The predicted molar refractivity (Wildman–Crippen MR) is 73.6 cm³/mol. The van der Waals surface area contributed by atoms with E-state index >= 15 is 0 Å². The van der Waals surface area contributed by atoms with Crippen LogP contribution in [0.2, 0.25) is 0 Å². The molecule has 0 aliphatic carbocycles. The third-order valence-corrected chi connectivity index (χ3v) is 3.64. The van der Waals surface area contributed by atoms with Gasteiger partial charge in [-0.15, -0.1) is 0 Å². The van der Waals surface area contributed by atoms with E-state index in [9.17, 15) is 4.79 Å². The van der Waals surface area contributed by atoms with Crippen molar-refractivity contribution in [3.63, 3.8) is 0 Å². The van der Waals surface area contributed by atoms with Crippen LogP contribution in [0.4, 0.5) is 0 Å². The molecular weight excluding hydrogens is 308 g/mol. The van der Waals surface area contributed by atoms with Crippen molar-refractivity contribution in [2.24, 2.45) is 0 Å². The van der Waals surface area contributed by atoms with E-state index < -0.39 is 0 Å². The molecule has 2 heterocycles. The van der Waals surface area contributed by atoms with E-state index in [1.165, 1.54) is 6.33 Å². The molecule has 0 radical (unpaired) electrons. The molecular formula is C13H13BrN4O. The van der Waals surface area contributed by atoms with Gasteiger partial charge in [-0.3, -0.25) is 4.79 Å². The number of fused-ring (bicyclic) bond motifs is 1. The highest BCUT2D eigenvalue weighted by Gasteiger charge is 2.23. The van der Waals surface area contributed by atoms with Crippen molar-refractivity contribution in [3.8, 4) is 0 Å². The average molecular weight is 321 g/mol. The zero-order chi connectivity index (χ0) is 13.4. The second-order valence-electron chi connectivity index (χ2n) is 4.64. The van der Waals surface area contributed by atoms with Crippen LogP contribution in [-0.2, 0) is 13.1 Å². The Hall–Kier alpha value is -1.69. The van der Waals surface area contributed by atoms with Gasteiger partial charge in [0.15, 0.2) is 0 Å². The molecule has 0 bridgehead atoms. The van der Waals surface area contributed by atoms with Gasteiger partial charge in [0.05, 0.1) is 13.1 Å². The first-order valence-corrected chi connectivity index (χ1v) is 6.86. The van der Waals surface area contributed by atoms with Gasteiger partial charge in [-0.05, 0) is 30.7 Å². The van der Waals surface area contributed by atoms with Crippen molar-refractivity contribution in [1.29, 1.82) is 0 Å². The van der Waals surface area contributed by atoms with Gasteiger partial charge in [0, 0.05) is 16.6 Å². The molecule has 3 rings (SSSR count). The second kappa shape index (κ2) is 4.77. The molecule has 0 fully saturated rings. The summed E-state index contributed by atoms with van der Waals surface area (Å²) in [6, 6.07) is 5.75. The fourth-order valence-electron chi connectivity index (χ4n) is 2.28. The first kappa shape index (κ1) is 12.3. The van der Waals surface area contributed by atoms with Crippen LogP contribution in [0, 0.1) is 6.92 Å². The average Bonchev–Trinajstić information content (AvgIpc) is 2.83. The molecule has 19 heavy (non-hydrogen) atoms. The fourth-order valence-corrected chi connectivity index (χ4v) is 2.89. The molecule has 5 nitrogen and oxygen atoms in total. The highest BCUT2D eigenvalue weighted by atomic mass is 79.9. The van der Waals surface area contributed by atoms with Crippen LogP contribution >= 0.6 is 15.9 Å². The Bertz CT molecular complexity index is 617. The predicted octanol–water partition coefficient (Wildman–Crippen LogP) is 2.01. The number of halogens is 1. The van der Waals surface area contributed by atoms with E-state index in [-0.39, 0.29) is 5.91 Å². The molecule has 0 atom stereocenters. The van der Waals surface area contributed by atoms with Crippen molar-refractivity contribution < 1.29 is 4.79 Å². The molecule has 0 spiro atoms. The summed E-state index contributed by atoms with van der Waals surface area (Å²) >= 11 is 3.43. The molecule has 1 aromatic heterocycles. The lowest BCUT2D eigenvalue weighted by Crippen LogP contribution is -2.38. The minimum absolute atomic E-state index is 0.0404. The Morgan fingerprint density at radius 2 is 2.16 bits per heavy atom. The summed E-state index contributed by atoms with van der Waals surface area (Å²) in [5.41, 5.74) is 1.78. The van der Waals surface area contributed by atoms with Crippen LogP contribution in [0.5, 0.6) is 0 Å². The first-order chi connectivity index (χ1) is 9.13. The molecule has 1 aliphatic heterocycles. The van der Waals surface area contributed by atoms with Gasteiger partial charge >= 0.3 is 0 Å². The first-order valence-electron chi connectivity index (χ1n) is 6.06. The lowest BCUT2D eigenvalue weighted by molar-refractivity contribution is 0.0702. The minimum atomic E-state index is 0.0404. The van der Waals surface area contributed by atoms with Crippen molar-refractivity contribution in [3.05, 3.63) is 46.0 Å². The largest absolute Gasteiger partial charge is 0.329 e. The molecule has 2 aromatic rings. The highest BCUT2D eigenvalue weighted by molar-refractivity contribution is 9.10. The molecule has 0 N–H and O–H groups in total. The van der Waals surface area contributed by atoms with E-state index in [0.29, 0.717) is 25.2 Å². The quantitative estimate of drug-likeness (QED) is 0.807. The topological polar surface area (TPSA) is 51.0 Å². The standard InChI is InChI=1S/C13H13BrN4O/c1-9-4-10(6-11(14)5-9)13(19)17-2-3-18-12(7-17)15-8-16-18/h4-6,8H,2-3,7H2,1H3. The maximum atomic E-state index is 12.5. The summed E-state index contributed by atoms with van der Waals surface area (Å²) in [7, 11) is 0. The third kappa shape index (κ3) is 2.40. The van der Waals surface area contributed by atoms with E-state index in [1.807, 2.05) is 34.7 Å². The maximum absolute atomic E-state index is 12.5. The van der Waals surface area contributed by atoms with Gasteiger partial charge in [-0.2, -0.15) is 5.10 Å². The molecule has 0 saturated carbocycles. The van der Waals surface area contributed by atoms with Crippen molar-refractivity contribution in [1.82, 2.24) is 19.7 Å². The molecule has 1 aromatic carbocycles. The number of nitrogens with zero attached hydrogens (tertiary/aromatic N) is 4. The number of benzene rings is 1. The van der Waals surface area contributed by atoms with Gasteiger partial charge in [0.25, 0.3) is 5.91 Å². The smallest absolute Gasteiger partial charge is 0.254 e. The van der Waals surface area contributed by atoms with E-state index in [0.717, 1.165) is 15.9 Å². The molecule has 1 aliphatic rings. The molecule has 1 amide bonds. The monoisotopic (exact) mass is 320 g/mol. The Morgan fingerprint density at radius 1 is 1.32 bits per heavy atom. The van der Waals surface area contributed by atoms with Gasteiger partial charge in [0.1, 0.15) is 12.2 Å².